The average Bonchev–Trinajstić information content (AvgIpc) is 2.83. The first-order chi connectivity index (χ1) is 7.76. The molecule has 2 aromatic rings. The molecule has 2 rings (SSSR count). The van der Waals surface area contributed by atoms with Crippen LogP contribution in [0.3, 0.4) is 0 Å². The zero-order valence-corrected chi connectivity index (χ0v) is 10.4. The number of methoxy groups -OCH3 is 2. The smallest absolute Gasteiger partial charge is 0.181 e. The van der Waals surface area contributed by atoms with Crippen LogP contribution in [0.5, 0.6) is 11.5 Å². The van der Waals surface area contributed by atoms with Crippen LogP contribution < -0.4 is 9.47 Å². The van der Waals surface area contributed by atoms with Gasteiger partial charge >= 0.3 is 0 Å². The Morgan fingerprint density at radius 2 is 2.06 bits per heavy atom. The molecule has 1 aromatic heterocycles. The van der Waals surface area contributed by atoms with Crippen LogP contribution in [0.25, 0.3) is 11.3 Å². The molecular formula is C11H10BrNO3. The van der Waals surface area contributed by atoms with Gasteiger partial charge in [0, 0.05) is 11.6 Å². The van der Waals surface area contributed by atoms with E-state index in [0.717, 1.165) is 15.7 Å². The number of rotatable bonds is 3. The summed E-state index contributed by atoms with van der Waals surface area (Å²) in [6, 6.07) is 3.66. The van der Waals surface area contributed by atoms with Crippen molar-refractivity contribution in [2.24, 2.45) is 0 Å². The molecule has 5 heteroatoms. The van der Waals surface area contributed by atoms with Crippen LogP contribution in [-0.4, -0.2) is 19.2 Å². The summed E-state index contributed by atoms with van der Waals surface area (Å²) in [6.45, 7) is 0. The predicted octanol–water partition coefficient (Wildman–Crippen LogP) is 3.12. The SMILES string of the molecule is COc1cc(OC)c(Br)c(-c2cocn2)c1. The molecule has 0 unspecified atom stereocenters. The van der Waals surface area contributed by atoms with Crippen molar-refractivity contribution < 1.29 is 13.9 Å². The van der Waals surface area contributed by atoms with Crippen molar-refractivity contribution in [2.45, 2.75) is 0 Å². The van der Waals surface area contributed by atoms with E-state index >= 15 is 0 Å². The van der Waals surface area contributed by atoms with Crippen molar-refractivity contribution in [1.82, 2.24) is 4.98 Å². The Bertz CT molecular complexity index is 482. The molecule has 1 aromatic carbocycles. The van der Waals surface area contributed by atoms with E-state index in [1.807, 2.05) is 6.07 Å². The molecule has 0 fully saturated rings. The molecule has 4 nitrogen and oxygen atoms in total. The normalized spacial score (nSPS) is 10.2. The molecule has 0 saturated heterocycles. The van der Waals surface area contributed by atoms with Crippen LogP contribution in [0, 0.1) is 0 Å². The molecule has 0 aliphatic carbocycles. The fraction of sp³-hybridized carbons (Fsp3) is 0.182. The van der Waals surface area contributed by atoms with E-state index in [9.17, 15) is 0 Å². The summed E-state index contributed by atoms with van der Waals surface area (Å²) in [5, 5.41) is 0. The van der Waals surface area contributed by atoms with Crippen molar-refractivity contribution in [3.05, 3.63) is 29.3 Å². The Morgan fingerprint density at radius 3 is 2.62 bits per heavy atom. The Kier molecular flexibility index (Phi) is 3.14. The van der Waals surface area contributed by atoms with Gasteiger partial charge in [0.1, 0.15) is 23.5 Å². The Hall–Kier alpha value is -1.49. The van der Waals surface area contributed by atoms with Crippen molar-refractivity contribution >= 4 is 15.9 Å². The first-order valence-corrected chi connectivity index (χ1v) is 5.35. The van der Waals surface area contributed by atoms with E-state index in [-0.39, 0.29) is 0 Å². The molecular weight excluding hydrogens is 274 g/mol. The Balaban J connectivity index is 2.59. The maximum absolute atomic E-state index is 5.24. The van der Waals surface area contributed by atoms with Crippen LogP contribution in [0.15, 0.2) is 33.7 Å². The summed E-state index contributed by atoms with van der Waals surface area (Å²) in [5.41, 5.74) is 1.59. The number of oxazole rings is 1. The van der Waals surface area contributed by atoms with Gasteiger partial charge in [-0.3, -0.25) is 0 Å². The largest absolute Gasteiger partial charge is 0.497 e. The topological polar surface area (TPSA) is 44.5 Å². The molecule has 0 radical (unpaired) electrons. The van der Waals surface area contributed by atoms with Crippen LogP contribution in [0.2, 0.25) is 0 Å². The summed E-state index contributed by atoms with van der Waals surface area (Å²) in [4.78, 5) is 4.09. The third kappa shape index (κ3) is 1.90. The Labute approximate surface area is 101 Å². The van der Waals surface area contributed by atoms with Gasteiger partial charge in [0.25, 0.3) is 0 Å². The van der Waals surface area contributed by atoms with Gasteiger partial charge in [0.2, 0.25) is 0 Å². The van der Waals surface area contributed by atoms with Gasteiger partial charge in [-0.05, 0) is 22.0 Å². The molecule has 0 saturated carbocycles. The molecule has 0 atom stereocenters. The fourth-order valence-electron chi connectivity index (χ4n) is 1.37. The van der Waals surface area contributed by atoms with E-state index in [1.165, 1.54) is 6.39 Å². The molecule has 0 bridgehead atoms. The van der Waals surface area contributed by atoms with Gasteiger partial charge in [-0.25, -0.2) is 4.98 Å². The van der Waals surface area contributed by atoms with Crippen molar-refractivity contribution in [2.75, 3.05) is 14.2 Å². The van der Waals surface area contributed by atoms with Crippen LogP contribution in [0.1, 0.15) is 0 Å². The van der Waals surface area contributed by atoms with Crippen LogP contribution >= 0.6 is 15.9 Å². The van der Waals surface area contributed by atoms with Gasteiger partial charge in [-0.2, -0.15) is 0 Å². The van der Waals surface area contributed by atoms with Gasteiger partial charge in [-0.15, -0.1) is 0 Å². The third-order valence-corrected chi connectivity index (χ3v) is 2.99. The zero-order valence-electron chi connectivity index (χ0n) is 8.86. The fourth-order valence-corrected chi connectivity index (χ4v) is 1.96. The standard InChI is InChI=1S/C11H10BrNO3/c1-14-7-3-8(9-5-16-6-13-9)11(12)10(4-7)15-2/h3-6H,1-2H3. The van der Waals surface area contributed by atoms with Gasteiger partial charge < -0.3 is 13.9 Å². The summed E-state index contributed by atoms with van der Waals surface area (Å²) in [5.74, 6) is 1.40. The number of nitrogens with zero attached hydrogens (tertiary/aromatic N) is 1. The molecule has 0 spiro atoms. The highest BCUT2D eigenvalue weighted by molar-refractivity contribution is 9.10. The predicted molar refractivity (Wildman–Crippen MR) is 62.7 cm³/mol. The number of aromatic nitrogens is 1. The monoisotopic (exact) mass is 283 g/mol. The summed E-state index contributed by atoms with van der Waals surface area (Å²) < 4.78 is 16.2. The highest BCUT2D eigenvalue weighted by Gasteiger charge is 2.13. The lowest BCUT2D eigenvalue weighted by Gasteiger charge is -2.09. The lowest BCUT2D eigenvalue weighted by Crippen LogP contribution is -1.91. The summed E-state index contributed by atoms with van der Waals surface area (Å²) in [7, 11) is 3.21. The number of hydrogen-bond donors (Lipinski definition) is 0. The number of hydrogen-bond acceptors (Lipinski definition) is 4. The molecule has 16 heavy (non-hydrogen) atoms. The van der Waals surface area contributed by atoms with E-state index in [2.05, 4.69) is 20.9 Å². The van der Waals surface area contributed by atoms with E-state index in [0.29, 0.717) is 11.5 Å². The molecule has 0 amide bonds. The van der Waals surface area contributed by atoms with Gasteiger partial charge in [-0.1, -0.05) is 0 Å². The van der Waals surface area contributed by atoms with Crippen LogP contribution in [-0.2, 0) is 0 Å². The van der Waals surface area contributed by atoms with Gasteiger partial charge in [0.05, 0.1) is 18.7 Å². The molecule has 0 N–H and O–H groups in total. The summed E-state index contributed by atoms with van der Waals surface area (Å²) in [6.07, 6.45) is 2.95. The van der Waals surface area contributed by atoms with E-state index < -0.39 is 0 Å². The lowest BCUT2D eigenvalue weighted by atomic mass is 10.1. The first kappa shape index (κ1) is 11.0. The minimum atomic E-state index is 0.692. The molecule has 84 valence electrons. The quantitative estimate of drug-likeness (QED) is 0.868. The van der Waals surface area contributed by atoms with E-state index in [4.69, 9.17) is 13.9 Å². The Morgan fingerprint density at radius 1 is 1.25 bits per heavy atom. The average molecular weight is 284 g/mol. The number of benzene rings is 1. The van der Waals surface area contributed by atoms with Crippen molar-refractivity contribution in [1.29, 1.82) is 0 Å². The molecule has 0 aliphatic rings. The minimum absolute atomic E-state index is 0.692. The zero-order chi connectivity index (χ0) is 11.5. The second-order valence-corrected chi connectivity index (χ2v) is 3.86. The highest BCUT2D eigenvalue weighted by atomic mass is 79.9. The summed E-state index contributed by atoms with van der Waals surface area (Å²) >= 11 is 3.46. The second-order valence-electron chi connectivity index (χ2n) is 3.06. The highest BCUT2D eigenvalue weighted by Crippen LogP contribution is 2.38. The lowest BCUT2D eigenvalue weighted by molar-refractivity contribution is 0.393. The first-order valence-electron chi connectivity index (χ1n) is 4.56. The van der Waals surface area contributed by atoms with Crippen LogP contribution in [0.4, 0.5) is 0 Å². The van der Waals surface area contributed by atoms with Gasteiger partial charge in [0.15, 0.2) is 6.39 Å². The van der Waals surface area contributed by atoms with Crippen molar-refractivity contribution in [3.63, 3.8) is 0 Å². The molecule has 0 aliphatic heterocycles. The van der Waals surface area contributed by atoms with E-state index in [1.54, 1.807) is 26.5 Å². The number of halogens is 1. The molecule has 1 heterocycles. The number of ether oxygens (including phenoxy) is 2. The van der Waals surface area contributed by atoms with Crippen molar-refractivity contribution in [3.8, 4) is 22.8 Å². The third-order valence-electron chi connectivity index (χ3n) is 2.18. The maximum Gasteiger partial charge on any atom is 0.181 e. The minimum Gasteiger partial charge on any atom is -0.497 e. The second kappa shape index (κ2) is 4.57. The maximum atomic E-state index is 5.24.